The predicted molar refractivity (Wildman–Crippen MR) is 76.2 cm³/mol. The van der Waals surface area contributed by atoms with Gasteiger partial charge in [-0.25, -0.2) is 4.39 Å². The Labute approximate surface area is 119 Å². The molecule has 102 valence electrons. The number of nitrogens with one attached hydrogen (secondary N) is 1. The molecule has 0 saturated carbocycles. The third-order valence-electron chi connectivity index (χ3n) is 2.28. The minimum atomic E-state index is -0.225. The Morgan fingerprint density at radius 2 is 2.11 bits per heavy atom. The SMILES string of the molecule is COCCSc1nnc(NCc2ccc(F)cc2)s1. The topological polar surface area (TPSA) is 47.0 Å². The average Bonchev–Trinajstić information content (AvgIpc) is 2.86. The molecule has 1 aromatic carbocycles. The van der Waals surface area contributed by atoms with Crippen molar-refractivity contribution in [2.24, 2.45) is 0 Å². The van der Waals surface area contributed by atoms with E-state index < -0.39 is 0 Å². The van der Waals surface area contributed by atoms with Gasteiger partial charge in [0.2, 0.25) is 5.13 Å². The number of thioether (sulfide) groups is 1. The van der Waals surface area contributed by atoms with E-state index in [1.54, 1.807) is 31.0 Å². The monoisotopic (exact) mass is 299 g/mol. The number of methoxy groups -OCH3 is 1. The summed E-state index contributed by atoms with van der Waals surface area (Å²) in [6.07, 6.45) is 0. The summed E-state index contributed by atoms with van der Waals surface area (Å²) in [5.41, 5.74) is 1.00. The molecule has 0 fully saturated rings. The fraction of sp³-hybridized carbons (Fsp3) is 0.333. The second-order valence-corrected chi connectivity index (χ2v) is 6.01. The van der Waals surface area contributed by atoms with E-state index in [1.807, 2.05) is 0 Å². The second-order valence-electron chi connectivity index (χ2n) is 3.69. The molecule has 2 aromatic rings. The lowest BCUT2D eigenvalue weighted by Crippen LogP contribution is -1.98. The van der Waals surface area contributed by atoms with Crippen LogP contribution in [-0.2, 0) is 11.3 Å². The molecule has 1 heterocycles. The summed E-state index contributed by atoms with van der Waals surface area (Å²) in [5.74, 6) is 0.639. The highest BCUT2D eigenvalue weighted by molar-refractivity contribution is 8.01. The van der Waals surface area contributed by atoms with E-state index in [0.29, 0.717) is 13.2 Å². The fourth-order valence-electron chi connectivity index (χ4n) is 1.33. The van der Waals surface area contributed by atoms with Crippen LogP contribution in [0.25, 0.3) is 0 Å². The van der Waals surface area contributed by atoms with E-state index in [1.165, 1.54) is 23.5 Å². The molecule has 0 aliphatic rings. The van der Waals surface area contributed by atoms with Gasteiger partial charge in [-0.15, -0.1) is 10.2 Å². The Bertz CT molecular complexity index is 504. The highest BCUT2D eigenvalue weighted by Gasteiger charge is 2.04. The third-order valence-corrected chi connectivity index (χ3v) is 4.26. The van der Waals surface area contributed by atoms with Gasteiger partial charge < -0.3 is 10.1 Å². The molecule has 0 atom stereocenters. The minimum absolute atomic E-state index is 0.225. The van der Waals surface area contributed by atoms with E-state index >= 15 is 0 Å². The van der Waals surface area contributed by atoms with Crippen molar-refractivity contribution in [2.75, 3.05) is 24.8 Å². The maximum atomic E-state index is 12.7. The molecule has 0 aliphatic heterocycles. The zero-order valence-corrected chi connectivity index (χ0v) is 12.1. The largest absolute Gasteiger partial charge is 0.384 e. The Balaban J connectivity index is 1.81. The van der Waals surface area contributed by atoms with Gasteiger partial charge in [-0.1, -0.05) is 35.2 Å². The summed E-state index contributed by atoms with van der Waals surface area (Å²) in [7, 11) is 1.68. The first-order valence-corrected chi connectivity index (χ1v) is 7.51. The first kappa shape index (κ1) is 14.2. The number of hydrogen-bond acceptors (Lipinski definition) is 6. The Kier molecular flexibility index (Phi) is 5.56. The summed E-state index contributed by atoms with van der Waals surface area (Å²) < 4.78 is 18.6. The van der Waals surface area contributed by atoms with Crippen molar-refractivity contribution in [1.29, 1.82) is 0 Å². The number of halogens is 1. The van der Waals surface area contributed by atoms with Crippen molar-refractivity contribution < 1.29 is 9.13 Å². The molecule has 2 rings (SSSR count). The van der Waals surface area contributed by atoms with Crippen LogP contribution in [0.2, 0.25) is 0 Å². The smallest absolute Gasteiger partial charge is 0.206 e. The highest BCUT2D eigenvalue weighted by Crippen LogP contribution is 2.25. The van der Waals surface area contributed by atoms with Crippen LogP contribution in [-0.4, -0.2) is 29.7 Å². The van der Waals surface area contributed by atoms with Gasteiger partial charge in [0.15, 0.2) is 4.34 Å². The molecule has 0 unspecified atom stereocenters. The lowest BCUT2D eigenvalue weighted by Gasteiger charge is -2.01. The van der Waals surface area contributed by atoms with Crippen molar-refractivity contribution in [3.8, 4) is 0 Å². The van der Waals surface area contributed by atoms with E-state index in [-0.39, 0.29) is 5.82 Å². The van der Waals surface area contributed by atoms with Gasteiger partial charge in [0.1, 0.15) is 5.82 Å². The van der Waals surface area contributed by atoms with Crippen LogP contribution in [0.1, 0.15) is 5.56 Å². The lowest BCUT2D eigenvalue weighted by molar-refractivity contribution is 0.218. The van der Waals surface area contributed by atoms with E-state index in [2.05, 4.69) is 15.5 Å². The summed E-state index contributed by atoms with van der Waals surface area (Å²) in [6.45, 7) is 1.31. The normalized spacial score (nSPS) is 10.6. The molecule has 1 aromatic heterocycles. The summed E-state index contributed by atoms with van der Waals surface area (Å²) >= 11 is 3.13. The van der Waals surface area contributed by atoms with Crippen molar-refractivity contribution in [1.82, 2.24) is 10.2 Å². The molecule has 0 spiro atoms. The summed E-state index contributed by atoms with van der Waals surface area (Å²) in [4.78, 5) is 0. The van der Waals surface area contributed by atoms with Crippen LogP contribution < -0.4 is 5.32 Å². The number of rotatable bonds is 7. The molecule has 4 nitrogen and oxygen atoms in total. The summed E-state index contributed by atoms with van der Waals surface area (Å²) in [5, 5.41) is 12.1. The molecule has 7 heteroatoms. The maximum Gasteiger partial charge on any atom is 0.206 e. The quantitative estimate of drug-likeness (QED) is 0.629. The van der Waals surface area contributed by atoms with Crippen LogP contribution in [0.5, 0.6) is 0 Å². The zero-order valence-electron chi connectivity index (χ0n) is 10.4. The van der Waals surface area contributed by atoms with Gasteiger partial charge in [0, 0.05) is 19.4 Å². The first-order valence-electron chi connectivity index (χ1n) is 5.71. The van der Waals surface area contributed by atoms with Crippen molar-refractivity contribution in [2.45, 2.75) is 10.9 Å². The third kappa shape index (κ3) is 4.77. The number of anilines is 1. The molecule has 1 N–H and O–H groups in total. The number of ether oxygens (including phenoxy) is 1. The van der Waals surface area contributed by atoms with Crippen LogP contribution in [0, 0.1) is 5.82 Å². The maximum absolute atomic E-state index is 12.7. The van der Waals surface area contributed by atoms with E-state index in [9.17, 15) is 4.39 Å². The lowest BCUT2D eigenvalue weighted by atomic mass is 10.2. The summed E-state index contributed by atoms with van der Waals surface area (Å²) in [6, 6.07) is 6.39. The van der Waals surface area contributed by atoms with E-state index in [4.69, 9.17) is 4.74 Å². The molecule has 19 heavy (non-hydrogen) atoms. The predicted octanol–water partition coefficient (Wildman–Crippen LogP) is 3.03. The second kappa shape index (κ2) is 7.42. The van der Waals surface area contributed by atoms with Crippen LogP contribution in [0.4, 0.5) is 9.52 Å². The van der Waals surface area contributed by atoms with Crippen molar-refractivity contribution in [3.05, 3.63) is 35.6 Å². The highest BCUT2D eigenvalue weighted by atomic mass is 32.2. The van der Waals surface area contributed by atoms with Crippen molar-refractivity contribution >= 4 is 28.2 Å². The first-order chi connectivity index (χ1) is 9.28. The van der Waals surface area contributed by atoms with Crippen LogP contribution >= 0.6 is 23.1 Å². The van der Waals surface area contributed by atoms with E-state index in [0.717, 1.165) is 20.8 Å². The zero-order chi connectivity index (χ0) is 13.5. The molecule has 0 saturated heterocycles. The number of aromatic nitrogens is 2. The van der Waals surface area contributed by atoms with Gasteiger partial charge in [-0.2, -0.15) is 0 Å². The van der Waals surface area contributed by atoms with Gasteiger partial charge in [-0.05, 0) is 17.7 Å². The molecular weight excluding hydrogens is 285 g/mol. The Morgan fingerprint density at radius 3 is 2.84 bits per heavy atom. The van der Waals surface area contributed by atoms with Gasteiger partial charge in [0.25, 0.3) is 0 Å². The number of benzene rings is 1. The average molecular weight is 299 g/mol. The van der Waals surface area contributed by atoms with Gasteiger partial charge in [0.05, 0.1) is 6.61 Å². The minimum Gasteiger partial charge on any atom is -0.384 e. The number of hydrogen-bond donors (Lipinski definition) is 1. The molecule has 0 bridgehead atoms. The van der Waals surface area contributed by atoms with Gasteiger partial charge >= 0.3 is 0 Å². The van der Waals surface area contributed by atoms with Crippen molar-refractivity contribution in [3.63, 3.8) is 0 Å². The van der Waals surface area contributed by atoms with Crippen LogP contribution in [0.3, 0.4) is 0 Å². The molecule has 0 aliphatic carbocycles. The molecule has 0 amide bonds. The van der Waals surface area contributed by atoms with Crippen LogP contribution in [0.15, 0.2) is 28.6 Å². The Hall–Kier alpha value is -1.18. The standard InChI is InChI=1S/C12H14FN3OS2/c1-17-6-7-18-12-16-15-11(19-12)14-8-9-2-4-10(13)5-3-9/h2-5H,6-8H2,1H3,(H,14,15). The Morgan fingerprint density at radius 1 is 1.32 bits per heavy atom. The number of nitrogens with zero attached hydrogens (tertiary/aromatic N) is 2. The van der Waals surface area contributed by atoms with Gasteiger partial charge in [-0.3, -0.25) is 0 Å². The fourth-order valence-corrected chi connectivity index (χ4v) is 3.05. The molecular formula is C12H14FN3OS2. The molecule has 0 radical (unpaired) electrons.